The molecule has 132 valence electrons. The average molecular weight is 352 g/mol. The first-order valence-electron chi connectivity index (χ1n) is 6.89. The van der Waals surface area contributed by atoms with Gasteiger partial charge in [-0.25, -0.2) is 19.2 Å². The fourth-order valence-electron chi connectivity index (χ4n) is 1.66. The largest absolute Gasteiger partial charge is 0.475 e. The van der Waals surface area contributed by atoms with Crippen LogP contribution in [0.3, 0.4) is 0 Å². The van der Waals surface area contributed by atoms with E-state index in [1.165, 1.54) is 12.1 Å². The Balaban J connectivity index is 1.70. The number of carbonyl (C=O) groups is 4. The maximum atomic E-state index is 11.6. The van der Waals surface area contributed by atoms with Gasteiger partial charge in [0.05, 0.1) is 13.2 Å². The number of aromatic carboxylic acids is 2. The number of hydrogen-bond donors (Lipinski definition) is 2. The Labute approximate surface area is 139 Å². The van der Waals surface area contributed by atoms with Gasteiger partial charge in [0.15, 0.2) is 0 Å². The summed E-state index contributed by atoms with van der Waals surface area (Å²) >= 11 is 0. The van der Waals surface area contributed by atoms with Gasteiger partial charge in [0, 0.05) is 6.42 Å². The van der Waals surface area contributed by atoms with Crippen molar-refractivity contribution in [3.8, 4) is 0 Å². The number of hydrogen-bond acceptors (Lipinski definition) is 8. The van der Waals surface area contributed by atoms with E-state index in [1.807, 2.05) is 0 Å². The first kappa shape index (κ1) is 17.8. The van der Waals surface area contributed by atoms with E-state index in [0.717, 1.165) is 12.1 Å². The quantitative estimate of drug-likeness (QED) is 0.529. The van der Waals surface area contributed by atoms with Gasteiger partial charge in [0.1, 0.15) is 0 Å². The molecule has 25 heavy (non-hydrogen) atoms. The van der Waals surface area contributed by atoms with Crippen molar-refractivity contribution in [2.45, 2.75) is 6.42 Å². The van der Waals surface area contributed by atoms with Crippen LogP contribution in [-0.2, 0) is 9.47 Å². The van der Waals surface area contributed by atoms with Gasteiger partial charge < -0.3 is 28.5 Å². The van der Waals surface area contributed by atoms with Gasteiger partial charge in [-0.2, -0.15) is 0 Å². The predicted molar refractivity (Wildman–Crippen MR) is 76.5 cm³/mol. The van der Waals surface area contributed by atoms with E-state index in [2.05, 4.69) is 0 Å². The van der Waals surface area contributed by atoms with Crippen LogP contribution in [0.15, 0.2) is 33.1 Å². The standard InChI is InChI=1S/C15H12O10/c16-12(17)8-2-4-10(24-8)14(20)22-6-1-7-23-15(21)11-5-3-9(25-11)13(18)19/h2-5H,1,6-7H2,(H,16,17)(H,18,19). The number of furan rings is 2. The molecule has 10 nitrogen and oxygen atoms in total. The third-order valence-electron chi connectivity index (χ3n) is 2.79. The molecule has 0 aliphatic rings. The van der Waals surface area contributed by atoms with Crippen LogP contribution in [0, 0.1) is 0 Å². The van der Waals surface area contributed by atoms with Crippen LogP contribution in [0.2, 0.25) is 0 Å². The molecule has 0 saturated carbocycles. The van der Waals surface area contributed by atoms with Crippen LogP contribution >= 0.6 is 0 Å². The fourth-order valence-corrected chi connectivity index (χ4v) is 1.66. The minimum atomic E-state index is -1.31. The van der Waals surface area contributed by atoms with Gasteiger partial charge in [-0.3, -0.25) is 0 Å². The highest BCUT2D eigenvalue weighted by Crippen LogP contribution is 2.11. The molecule has 2 aromatic rings. The molecule has 0 atom stereocenters. The lowest BCUT2D eigenvalue weighted by atomic mass is 10.4. The molecule has 0 aromatic carbocycles. The molecule has 0 unspecified atom stereocenters. The summed E-state index contributed by atoms with van der Waals surface area (Å²) in [6.07, 6.45) is 0.163. The van der Waals surface area contributed by atoms with Crippen molar-refractivity contribution < 1.29 is 47.7 Å². The molecule has 2 rings (SSSR count). The normalized spacial score (nSPS) is 10.2. The average Bonchev–Trinajstić information content (AvgIpc) is 3.23. The molecule has 0 radical (unpaired) electrons. The van der Waals surface area contributed by atoms with Crippen molar-refractivity contribution in [2.75, 3.05) is 13.2 Å². The van der Waals surface area contributed by atoms with Crippen LogP contribution in [0.4, 0.5) is 0 Å². The summed E-state index contributed by atoms with van der Waals surface area (Å²) in [6.45, 7) is -0.207. The van der Waals surface area contributed by atoms with E-state index in [0.29, 0.717) is 0 Å². The highest BCUT2D eigenvalue weighted by atomic mass is 16.6. The molecule has 0 spiro atoms. The summed E-state index contributed by atoms with van der Waals surface area (Å²) in [4.78, 5) is 44.4. The molecule has 2 N–H and O–H groups in total. The van der Waals surface area contributed by atoms with Crippen molar-refractivity contribution in [3.63, 3.8) is 0 Å². The first-order valence-corrected chi connectivity index (χ1v) is 6.89. The molecule has 0 aliphatic heterocycles. The van der Waals surface area contributed by atoms with Gasteiger partial charge in [-0.15, -0.1) is 0 Å². The Bertz CT molecular complexity index is 731. The Morgan fingerprint density at radius 2 is 1.08 bits per heavy atom. The summed E-state index contributed by atoms with van der Waals surface area (Å²) in [7, 11) is 0. The molecule has 0 fully saturated rings. The third kappa shape index (κ3) is 4.70. The predicted octanol–water partition coefficient (Wildman–Crippen LogP) is 1.67. The molecule has 0 bridgehead atoms. The number of esters is 2. The fraction of sp³-hybridized carbons (Fsp3) is 0.200. The van der Waals surface area contributed by atoms with E-state index >= 15 is 0 Å². The van der Waals surface area contributed by atoms with E-state index in [-0.39, 0.29) is 42.7 Å². The first-order chi connectivity index (χ1) is 11.9. The number of carboxylic acids is 2. The molecule has 0 aliphatic carbocycles. The van der Waals surface area contributed by atoms with Gasteiger partial charge >= 0.3 is 23.9 Å². The van der Waals surface area contributed by atoms with Crippen LogP contribution < -0.4 is 0 Å². The maximum absolute atomic E-state index is 11.6. The summed E-state index contributed by atoms with van der Waals surface area (Å²) < 4.78 is 19.2. The number of carboxylic acid groups (broad SMARTS) is 2. The number of rotatable bonds is 8. The third-order valence-corrected chi connectivity index (χ3v) is 2.79. The highest BCUT2D eigenvalue weighted by Gasteiger charge is 2.17. The van der Waals surface area contributed by atoms with Crippen molar-refractivity contribution >= 4 is 23.9 Å². The summed E-state index contributed by atoms with van der Waals surface area (Å²) in [5.41, 5.74) is 0. The highest BCUT2D eigenvalue weighted by molar-refractivity contribution is 5.90. The zero-order valence-electron chi connectivity index (χ0n) is 12.6. The number of ether oxygens (including phenoxy) is 2. The zero-order valence-corrected chi connectivity index (χ0v) is 12.6. The Morgan fingerprint density at radius 1 is 0.720 bits per heavy atom. The number of carbonyl (C=O) groups excluding carboxylic acids is 2. The zero-order chi connectivity index (χ0) is 18.4. The molecule has 10 heteroatoms. The Morgan fingerprint density at radius 3 is 1.40 bits per heavy atom. The minimum Gasteiger partial charge on any atom is -0.475 e. The van der Waals surface area contributed by atoms with Crippen molar-refractivity contribution in [3.05, 3.63) is 47.3 Å². The molecule has 0 saturated heterocycles. The van der Waals surface area contributed by atoms with E-state index in [1.54, 1.807) is 0 Å². The summed E-state index contributed by atoms with van der Waals surface area (Å²) in [6, 6.07) is 4.58. The SMILES string of the molecule is O=C(O)c1ccc(C(=O)OCCCOC(=O)c2ccc(C(=O)O)o2)o1. The van der Waals surface area contributed by atoms with Gasteiger partial charge in [0.2, 0.25) is 23.0 Å². The van der Waals surface area contributed by atoms with Crippen molar-refractivity contribution in [1.82, 2.24) is 0 Å². The van der Waals surface area contributed by atoms with Crippen LogP contribution in [-0.4, -0.2) is 47.3 Å². The lowest BCUT2D eigenvalue weighted by molar-refractivity contribution is 0.0356. The smallest absolute Gasteiger partial charge is 0.374 e. The summed E-state index contributed by atoms with van der Waals surface area (Å²) in [5, 5.41) is 17.3. The van der Waals surface area contributed by atoms with E-state index in [4.69, 9.17) is 28.5 Å². The van der Waals surface area contributed by atoms with E-state index in [9.17, 15) is 19.2 Å². The lowest BCUT2D eigenvalue weighted by Crippen LogP contribution is -2.10. The summed E-state index contributed by atoms with van der Waals surface area (Å²) in [5.74, 6) is -5.62. The Kier molecular flexibility index (Phi) is 5.56. The topological polar surface area (TPSA) is 153 Å². The van der Waals surface area contributed by atoms with Gasteiger partial charge in [-0.1, -0.05) is 0 Å². The second kappa shape index (κ2) is 7.81. The van der Waals surface area contributed by atoms with E-state index < -0.39 is 23.9 Å². The second-order valence-corrected chi connectivity index (χ2v) is 4.56. The minimum absolute atomic E-state index is 0.103. The van der Waals surface area contributed by atoms with Gasteiger partial charge in [-0.05, 0) is 24.3 Å². The monoisotopic (exact) mass is 352 g/mol. The lowest BCUT2D eigenvalue weighted by Gasteiger charge is -2.04. The van der Waals surface area contributed by atoms with Crippen LogP contribution in [0.25, 0.3) is 0 Å². The van der Waals surface area contributed by atoms with Crippen LogP contribution in [0.5, 0.6) is 0 Å². The molecular weight excluding hydrogens is 340 g/mol. The molecule has 0 amide bonds. The van der Waals surface area contributed by atoms with Crippen molar-refractivity contribution in [1.29, 1.82) is 0 Å². The van der Waals surface area contributed by atoms with Crippen molar-refractivity contribution in [2.24, 2.45) is 0 Å². The molecule has 2 aromatic heterocycles. The van der Waals surface area contributed by atoms with Gasteiger partial charge in [0.25, 0.3) is 0 Å². The maximum Gasteiger partial charge on any atom is 0.374 e. The second-order valence-electron chi connectivity index (χ2n) is 4.56. The molecular formula is C15H12O10. The van der Waals surface area contributed by atoms with Crippen LogP contribution in [0.1, 0.15) is 48.6 Å². The molecule has 2 heterocycles. The Hall–Kier alpha value is -3.56.